The predicted octanol–water partition coefficient (Wildman–Crippen LogP) is 2.77. The van der Waals surface area contributed by atoms with Crippen LogP contribution in [0.2, 0.25) is 0 Å². The lowest BCUT2D eigenvalue weighted by molar-refractivity contribution is -0.117. The summed E-state index contributed by atoms with van der Waals surface area (Å²) in [5, 5.41) is 3.03. The Morgan fingerprint density at radius 3 is 2.76 bits per heavy atom. The highest BCUT2D eigenvalue weighted by Crippen LogP contribution is 2.26. The van der Waals surface area contributed by atoms with Crippen LogP contribution in [-0.2, 0) is 4.79 Å². The summed E-state index contributed by atoms with van der Waals surface area (Å²) in [6, 6.07) is 7.54. The second kappa shape index (κ2) is 7.76. The van der Waals surface area contributed by atoms with Crippen molar-refractivity contribution in [2.75, 3.05) is 25.6 Å². The molecule has 2 fully saturated rings. The van der Waals surface area contributed by atoms with E-state index < -0.39 is 0 Å². The van der Waals surface area contributed by atoms with Crippen molar-refractivity contribution in [3.63, 3.8) is 0 Å². The first-order chi connectivity index (χ1) is 12.1. The van der Waals surface area contributed by atoms with Crippen LogP contribution in [0.5, 0.6) is 5.75 Å². The Bertz CT molecular complexity index is 628. The lowest BCUT2D eigenvalue weighted by Crippen LogP contribution is -2.48. The molecule has 3 amide bonds. The van der Waals surface area contributed by atoms with Gasteiger partial charge in [0.05, 0.1) is 13.2 Å². The number of hydrogen-bond donors (Lipinski definition) is 1. The van der Waals surface area contributed by atoms with Crippen molar-refractivity contribution in [3.05, 3.63) is 24.3 Å². The fraction of sp³-hybridized carbons (Fsp3) is 0.579. The molecule has 1 aromatic rings. The Morgan fingerprint density at radius 1 is 1.28 bits per heavy atom. The van der Waals surface area contributed by atoms with Gasteiger partial charge in [0.25, 0.3) is 0 Å². The van der Waals surface area contributed by atoms with Gasteiger partial charge in [-0.2, -0.15) is 0 Å². The molecule has 1 atom stereocenters. The number of rotatable bonds is 4. The van der Waals surface area contributed by atoms with Crippen LogP contribution in [0.25, 0.3) is 0 Å². The number of anilines is 1. The van der Waals surface area contributed by atoms with Gasteiger partial charge < -0.3 is 19.9 Å². The summed E-state index contributed by atoms with van der Waals surface area (Å²) in [5.74, 6) is 0.744. The molecule has 6 heteroatoms. The molecule has 0 spiro atoms. The van der Waals surface area contributed by atoms with E-state index in [0.29, 0.717) is 19.0 Å². The van der Waals surface area contributed by atoms with Crippen molar-refractivity contribution in [1.82, 2.24) is 10.2 Å². The Labute approximate surface area is 149 Å². The number of carbonyl (C=O) groups is 2. The normalized spacial score (nSPS) is 21.3. The number of nitrogens with one attached hydrogen (secondary N) is 1. The minimum Gasteiger partial charge on any atom is -0.497 e. The van der Waals surface area contributed by atoms with Crippen molar-refractivity contribution >= 4 is 17.6 Å². The van der Waals surface area contributed by atoms with E-state index in [2.05, 4.69) is 5.32 Å². The van der Waals surface area contributed by atoms with Crippen LogP contribution in [-0.4, -0.2) is 49.6 Å². The molecule has 1 N–H and O–H groups in total. The summed E-state index contributed by atoms with van der Waals surface area (Å²) in [6.07, 6.45) is 6.12. The van der Waals surface area contributed by atoms with Crippen LogP contribution in [0.15, 0.2) is 24.3 Å². The van der Waals surface area contributed by atoms with Gasteiger partial charge in [-0.25, -0.2) is 4.79 Å². The average Bonchev–Trinajstić information content (AvgIpc) is 3.02. The van der Waals surface area contributed by atoms with E-state index in [1.807, 2.05) is 36.2 Å². The number of ether oxygens (including phenoxy) is 1. The molecule has 0 unspecified atom stereocenters. The van der Waals surface area contributed by atoms with Crippen molar-refractivity contribution < 1.29 is 14.3 Å². The van der Waals surface area contributed by atoms with Gasteiger partial charge in [0.2, 0.25) is 5.91 Å². The molecule has 1 aliphatic heterocycles. The van der Waals surface area contributed by atoms with E-state index in [1.165, 1.54) is 19.3 Å². The van der Waals surface area contributed by atoms with E-state index in [4.69, 9.17) is 4.74 Å². The second-order valence-corrected chi connectivity index (χ2v) is 6.96. The molecule has 0 radical (unpaired) electrons. The maximum absolute atomic E-state index is 12.5. The van der Waals surface area contributed by atoms with Crippen LogP contribution in [0.3, 0.4) is 0 Å². The molecule has 3 rings (SSSR count). The Balaban J connectivity index is 1.59. The third-order valence-corrected chi connectivity index (χ3v) is 5.26. The van der Waals surface area contributed by atoms with E-state index in [1.54, 1.807) is 12.0 Å². The maximum Gasteiger partial charge on any atom is 0.317 e. The first kappa shape index (κ1) is 17.6. The van der Waals surface area contributed by atoms with Crippen LogP contribution in [0.1, 0.15) is 38.5 Å². The van der Waals surface area contributed by atoms with Crippen molar-refractivity contribution in [1.29, 1.82) is 0 Å². The summed E-state index contributed by atoms with van der Waals surface area (Å²) >= 11 is 0. The van der Waals surface area contributed by atoms with Crippen LogP contribution < -0.4 is 15.0 Å². The fourth-order valence-electron chi connectivity index (χ4n) is 3.74. The number of nitrogens with zero attached hydrogens (tertiary/aromatic N) is 2. The first-order valence-corrected chi connectivity index (χ1v) is 9.06. The predicted molar refractivity (Wildman–Crippen MR) is 96.9 cm³/mol. The zero-order chi connectivity index (χ0) is 17.8. The number of amides is 3. The van der Waals surface area contributed by atoms with Gasteiger partial charge in [-0.05, 0) is 25.0 Å². The Kier molecular flexibility index (Phi) is 5.46. The number of carbonyl (C=O) groups excluding carboxylic acids is 2. The minimum absolute atomic E-state index is 0.0267. The molecule has 1 aromatic carbocycles. The number of benzene rings is 1. The van der Waals surface area contributed by atoms with Crippen LogP contribution in [0.4, 0.5) is 10.5 Å². The Morgan fingerprint density at radius 2 is 2.04 bits per heavy atom. The lowest BCUT2D eigenvalue weighted by Gasteiger charge is -2.32. The zero-order valence-electron chi connectivity index (χ0n) is 15.0. The van der Waals surface area contributed by atoms with E-state index >= 15 is 0 Å². The highest BCUT2D eigenvalue weighted by atomic mass is 16.5. The van der Waals surface area contributed by atoms with Crippen LogP contribution in [0, 0.1) is 0 Å². The van der Waals surface area contributed by atoms with Gasteiger partial charge in [0, 0.05) is 37.8 Å². The second-order valence-electron chi connectivity index (χ2n) is 6.96. The number of methoxy groups -OCH3 is 1. The van der Waals surface area contributed by atoms with Crippen molar-refractivity contribution in [2.24, 2.45) is 0 Å². The van der Waals surface area contributed by atoms with E-state index in [-0.39, 0.29) is 18.0 Å². The van der Waals surface area contributed by atoms with Gasteiger partial charge in [0.15, 0.2) is 0 Å². The number of hydrogen-bond acceptors (Lipinski definition) is 3. The highest BCUT2D eigenvalue weighted by Gasteiger charge is 2.33. The molecule has 1 heterocycles. The summed E-state index contributed by atoms with van der Waals surface area (Å²) in [7, 11) is 3.47. The van der Waals surface area contributed by atoms with E-state index in [9.17, 15) is 9.59 Å². The fourth-order valence-corrected chi connectivity index (χ4v) is 3.74. The van der Waals surface area contributed by atoms with Gasteiger partial charge in [-0.15, -0.1) is 0 Å². The molecule has 1 aliphatic carbocycles. The molecule has 0 aromatic heterocycles. The largest absolute Gasteiger partial charge is 0.497 e. The summed E-state index contributed by atoms with van der Waals surface area (Å²) in [6.45, 7) is 0.496. The topological polar surface area (TPSA) is 61.9 Å². The van der Waals surface area contributed by atoms with Crippen LogP contribution >= 0.6 is 0 Å². The van der Waals surface area contributed by atoms with Gasteiger partial charge in [0.1, 0.15) is 5.75 Å². The molecule has 136 valence electrons. The quantitative estimate of drug-likeness (QED) is 0.913. The van der Waals surface area contributed by atoms with Gasteiger partial charge in [-0.1, -0.05) is 25.3 Å². The molecule has 25 heavy (non-hydrogen) atoms. The monoisotopic (exact) mass is 345 g/mol. The zero-order valence-corrected chi connectivity index (χ0v) is 15.0. The highest BCUT2D eigenvalue weighted by molar-refractivity contribution is 5.97. The summed E-state index contributed by atoms with van der Waals surface area (Å²) in [5.41, 5.74) is 0.807. The van der Waals surface area contributed by atoms with E-state index in [0.717, 1.165) is 24.3 Å². The number of urea groups is 1. The third kappa shape index (κ3) is 4.06. The molecule has 1 saturated heterocycles. The molecule has 2 aliphatic rings. The Hall–Kier alpha value is -2.24. The van der Waals surface area contributed by atoms with Gasteiger partial charge in [-0.3, -0.25) is 4.79 Å². The SMILES string of the molecule is COc1cccc(N2C[C@H](NC(=O)N(C)C3CCCCC3)CC2=O)c1. The summed E-state index contributed by atoms with van der Waals surface area (Å²) < 4.78 is 5.23. The molecule has 1 saturated carbocycles. The molecular formula is C19H27N3O3. The van der Waals surface area contributed by atoms with Crippen molar-refractivity contribution in [2.45, 2.75) is 50.6 Å². The molecule has 0 bridgehead atoms. The first-order valence-electron chi connectivity index (χ1n) is 9.06. The van der Waals surface area contributed by atoms with Gasteiger partial charge >= 0.3 is 6.03 Å². The van der Waals surface area contributed by atoms with Crippen molar-refractivity contribution in [3.8, 4) is 5.75 Å². The lowest BCUT2D eigenvalue weighted by atomic mass is 9.95. The average molecular weight is 345 g/mol. The molecular weight excluding hydrogens is 318 g/mol. The molecule has 6 nitrogen and oxygen atoms in total. The smallest absolute Gasteiger partial charge is 0.317 e. The summed E-state index contributed by atoms with van der Waals surface area (Å²) in [4.78, 5) is 28.4. The maximum atomic E-state index is 12.5. The minimum atomic E-state index is -0.155. The third-order valence-electron chi connectivity index (χ3n) is 5.26. The standard InChI is InChI=1S/C19H27N3O3/c1-21(15-7-4-3-5-8-15)19(24)20-14-11-18(23)22(13-14)16-9-6-10-17(12-16)25-2/h6,9-10,12,14-15H,3-5,7-8,11,13H2,1-2H3,(H,20,24)/t14-/m1/s1.